The molecule has 0 atom stereocenters. The summed E-state index contributed by atoms with van der Waals surface area (Å²) in [7, 11) is 0. The molecule has 1 N–H and O–H groups in total. The molecule has 3 rings (SSSR count). The lowest BCUT2D eigenvalue weighted by atomic mass is 10.0. The van der Waals surface area contributed by atoms with Gasteiger partial charge in [0.05, 0.1) is 17.3 Å². The molecule has 0 aliphatic carbocycles. The number of rotatable bonds is 2. The van der Waals surface area contributed by atoms with Crippen LogP contribution in [0.15, 0.2) is 48.8 Å². The molecule has 2 aromatic heterocycles. The fraction of sp³-hybridized carbons (Fsp3) is 0.133. The normalized spacial score (nSPS) is 12.0. The Balaban J connectivity index is 2.04. The molecule has 0 fully saturated rings. The van der Waals surface area contributed by atoms with E-state index in [1.807, 2.05) is 0 Å². The van der Waals surface area contributed by atoms with E-state index in [1.54, 1.807) is 16.7 Å². The Hall–Kier alpha value is -2.50. The highest BCUT2D eigenvalue weighted by Gasteiger charge is 2.33. The molecule has 1 aromatic carbocycles. The van der Waals surface area contributed by atoms with E-state index in [2.05, 4.69) is 4.98 Å². The molecule has 2 heterocycles. The van der Waals surface area contributed by atoms with Crippen LogP contribution in [-0.2, 0) is 12.6 Å². The van der Waals surface area contributed by atoms with Crippen molar-refractivity contribution in [2.24, 2.45) is 0 Å². The van der Waals surface area contributed by atoms with Crippen molar-refractivity contribution in [3.8, 4) is 5.75 Å². The second-order valence-electron chi connectivity index (χ2n) is 4.69. The van der Waals surface area contributed by atoms with E-state index in [4.69, 9.17) is 0 Å². The first-order chi connectivity index (χ1) is 9.95. The second-order valence-corrected chi connectivity index (χ2v) is 4.69. The van der Waals surface area contributed by atoms with Crippen LogP contribution in [0.4, 0.5) is 13.2 Å². The molecular weight excluding hydrogens is 281 g/mol. The van der Waals surface area contributed by atoms with Crippen molar-refractivity contribution in [3.63, 3.8) is 0 Å². The maximum atomic E-state index is 13.0. The van der Waals surface area contributed by atoms with Gasteiger partial charge in [-0.25, -0.2) is 4.98 Å². The van der Waals surface area contributed by atoms with Crippen LogP contribution in [0.2, 0.25) is 0 Å². The Morgan fingerprint density at radius 1 is 1.14 bits per heavy atom. The van der Waals surface area contributed by atoms with Gasteiger partial charge in [0.2, 0.25) is 0 Å². The predicted octanol–water partition coefficient (Wildman–Crippen LogP) is 3.65. The minimum absolute atomic E-state index is 0.0641. The predicted molar refractivity (Wildman–Crippen MR) is 71.1 cm³/mol. The van der Waals surface area contributed by atoms with Crippen molar-refractivity contribution < 1.29 is 18.3 Å². The average molecular weight is 292 g/mol. The number of fused-ring (bicyclic) bond motifs is 1. The second kappa shape index (κ2) is 4.80. The summed E-state index contributed by atoms with van der Waals surface area (Å²) in [6, 6.07) is 8.43. The highest BCUT2D eigenvalue weighted by molar-refractivity contribution is 5.50. The molecule has 0 saturated heterocycles. The number of nitrogens with zero attached hydrogens (tertiary/aromatic N) is 2. The van der Waals surface area contributed by atoms with E-state index >= 15 is 0 Å². The van der Waals surface area contributed by atoms with E-state index in [-0.39, 0.29) is 17.7 Å². The molecule has 108 valence electrons. The quantitative estimate of drug-likeness (QED) is 0.783. The molecule has 0 unspecified atom stereocenters. The van der Waals surface area contributed by atoms with Gasteiger partial charge in [0.15, 0.2) is 0 Å². The number of alkyl halides is 3. The Bertz CT molecular complexity index is 793. The monoisotopic (exact) mass is 292 g/mol. The van der Waals surface area contributed by atoms with Gasteiger partial charge >= 0.3 is 6.18 Å². The van der Waals surface area contributed by atoms with Gasteiger partial charge in [0.25, 0.3) is 0 Å². The maximum absolute atomic E-state index is 13.0. The third-order valence-electron chi connectivity index (χ3n) is 3.26. The summed E-state index contributed by atoms with van der Waals surface area (Å²) in [4.78, 5) is 4.14. The standard InChI is InChI=1S/C15H11F3N2O/c16-15(17,18)13-4-2-1-3-10(13)7-14-19-9-11-8-12(21)5-6-20(11)14/h1-6,8-9,21H,7H2. The first kappa shape index (κ1) is 13.5. The Morgan fingerprint density at radius 2 is 1.90 bits per heavy atom. The van der Waals surface area contributed by atoms with Crippen LogP contribution in [0.3, 0.4) is 0 Å². The van der Waals surface area contributed by atoms with E-state index in [1.165, 1.54) is 30.5 Å². The zero-order chi connectivity index (χ0) is 15.0. The zero-order valence-electron chi connectivity index (χ0n) is 10.8. The molecule has 3 nitrogen and oxygen atoms in total. The lowest BCUT2D eigenvalue weighted by Gasteiger charge is -2.12. The fourth-order valence-corrected chi connectivity index (χ4v) is 2.30. The summed E-state index contributed by atoms with van der Waals surface area (Å²) in [5.74, 6) is 0.575. The van der Waals surface area contributed by atoms with Crippen LogP contribution >= 0.6 is 0 Å². The Labute approximate surface area is 118 Å². The fourth-order valence-electron chi connectivity index (χ4n) is 2.30. The van der Waals surface area contributed by atoms with Crippen molar-refractivity contribution in [1.29, 1.82) is 0 Å². The van der Waals surface area contributed by atoms with Gasteiger partial charge in [0, 0.05) is 18.7 Å². The first-order valence-electron chi connectivity index (χ1n) is 6.25. The number of hydrogen-bond acceptors (Lipinski definition) is 2. The summed E-state index contributed by atoms with van der Waals surface area (Å²) in [5, 5.41) is 9.39. The van der Waals surface area contributed by atoms with Crippen molar-refractivity contribution in [2.75, 3.05) is 0 Å². The van der Waals surface area contributed by atoms with Gasteiger partial charge in [-0.3, -0.25) is 0 Å². The van der Waals surface area contributed by atoms with Crippen molar-refractivity contribution in [1.82, 2.24) is 9.38 Å². The van der Waals surface area contributed by atoms with E-state index in [9.17, 15) is 18.3 Å². The van der Waals surface area contributed by atoms with E-state index < -0.39 is 11.7 Å². The summed E-state index contributed by atoms with van der Waals surface area (Å²) in [6.07, 6.45) is -1.22. The molecule has 6 heteroatoms. The largest absolute Gasteiger partial charge is 0.508 e. The molecule has 21 heavy (non-hydrogen) atoms. The van der Waals surface area contributed by atoms with Gasteiger partial charge in [-0.2, -0.15) is 13.2 Å². The molecule has 0 aliphatic rings. The third-order valence-corrected chi connectivity index (χ3v) is 3.26. The summed E-state index contributed by atoms with van der Waals surface area (Å²) >= 11 is 0. The van der Waals surface area contributed by atoms with Gasteiger partial charge in [-0.1, -0.05) is 18.2 Å². The van der Waals surface area contributed by atoms with Crippen LogP contribution in [-0.4, -0.2) is 14.5 Å². The summed E-state index contributed by atoms with van der Waals surface area (Å²) in [5.41, 5.74) is 0.153. The average Bonchev–Trinajstić information content (AvgIpc) is 2.80. The van der Waals surface area contributed by atoms with Gasteiger partial charge in [0.1, 0.15) is 11.6 Å². The number of benzene rings is 1. The molecule has 3 aromatic rings. The molecule has 0 radical (unpaired) electrons. The van der Waals surface area contributed by atoms with Crippen LogP contribution < -0.4 is 0 Å². The smallest absolute Gasteiger partial charge is 0.416 e. The number of pyridine rings is 1. The van der Waals surface area contributed by atoms with Crippen molar-refractivity contribution >= 4 is 5.52 Å². The zero-order valence-corrected chi connectivity index (χ0v) is 10.8. The lowest BCUT2D eigenvalue weighted by Crippen LogP contribution is -2.10. The van der Waals surface area contributed by atoms with Gasteiger partial charge < -0.3 is 9.51 Å². The molecular formula is C15H11F3N2O. The van der Waals surface area contributed by atoms with E-state index in [0.29, 0.717) is 11.3 Å². The highest BCUT2D eigenvalue weighted by atomic mass is 19.4. The Kier molecular flexibility index (Phi) is 3.08. The first-order valence-corrected chi connectivity index (χ1v) is 6.25. The molecule has 0 amide bonds. The highest BCUT2D eigenvalue weighted by Crippen LogP contribution is 2.32. The number of aromatic hydroxyl groups is 1. The minimum Gasteiger partial charge on any atom is -0.508 e. The van der Waals surface area contributed by atoms with Crippen LogP contribution in [0, 0.1) is 0 Å². The van der Waals surface area contributed by atoms with Gasteiger partial charge in [-0.15, -0.1) is 0 Å². The lowest BCUT2D eigenvalue weighted by molar-refractivity contribution is -0.138. The number of aromatic nitrogens is 2. The van der Waals surface area contributed by atoms with Crippen LogP contribution in [0.1, 0.15) is 17.0 Å². The molecule has 0 saturated carbocycles. The topological polar surface area (TPSA) is 37.5 Å². The summed E-state index contributed by atoms with van der Waals surface area (Å²) in [6.45, 7) is 0. The third kappa shape index (κ3) is 2.56. The number of imidazole rings is 1. The van der Waals surface area contributed by atoms with Crippen LogP contribution in [0.5, 0.6) is 5.75 Å². The van der Waals surface area contributed by atoms with E-state index in [0.717, 1.165) is 6.07 Å². The summed E-state index contributed by atoms with van der Waals surface area (Å²) < 4.78 is 40.6. The number of hydrogen-bond donors (Lipinski definition) is 1. The van der Waals surface area contributed by atoms with Crippen LogP contribution in [0.25, 0.3) is 5.52 Å². The maximum Gasteiger partial charge on any atom is 0.416 e. The molecule has 0 bridgehead atoms. The minimum atomic E-state index is -4.39. The van der Waals surface area contributed by atoms with Crippen molar-refractivity contribution in [2.45, 2.75) is 12.6 Å². The SMILES string of the molecule is Oc1ccn2c(Cc3ccccc3C(F)(F)F)ncc2c1. The molecule has 0 spiro atoms. The number of halogens is 3. The van der Waals surface area contributed by atoms with Gasteiger partial charge in [-0.05, 0) is 17.7 Å². The van der Waals surface area contributed by atoms with Crippen molar-refractivity contribution in [3.05, 3.63) is 65.7 Å². The molecule has 0 aliphatic heterocycles. The Morgan fingerprint density at radius 3 is 2.67 bits per heavy atom.